The van der Waals surface area contributed by atoms with Crippen molar-refractivity contribution in [2.24, 2.45) is 0 Å². The standard InChI is InChI=1S/C9H10Cl2FN3O3S/c1-3-18-6(17)5(4-16)15(2)8-13-7(14-19-8)9(10,11)12/h4,16H,3H2,1-2H3/b5-4+. The fourth-order valence-electron chi connectivity index (χ4n) is 1.05. The first-order chi connectivity index (χ1) is 8.81. The Bertz CT molecular complexity index is 489. The fourth-order valence-corrected chi connectivity index (χ4v) is 2.00. The highest BCUT2D eigenvalue weighted by Crippen LogP contribution is 2.35. The molecule has 0 saturated carbocycles. The Kier molecular flexibility index (Phi) is 5.33. The predicted molar refractivity (Wildman–Crippen MR) is 70.1 cm³/mol. The number of alkyl halides is 3. The van der Waals surface area contributed by atoms with Crippen molar-refractivity contribution < 1.29 is 19.0 Å². The van der Waals surface area contributed by atoms with Crippen molar-refractivity contribution in [1.82, 2.24) is 9.36 Å². The molecule has 0 amide bonds. The highest BCUT2D eigenvalue weighted by Gasteiger charge is 2.32. The van der Waals surface area contributed by atoms with Gasteiger partial charge in [-0.1, -0.05) is 23.2 Å². The monoisotopic (exact) mass is 329 g/mol. The lowest BCUT2D eigenvalue weighted by Gasteiger charge is -2.16. The number of hydrogen-bond acceptors (Lipinski definition) is 7. The number of likely N-dealkylation sites (N-methyl/N-ethyl adjacent to an activating group) is 1. The number of halogens is 3. The quantitative estimate of drug-likeness (QED) is 0.387. The summed E-state index contributed by atoms with van der Waals surface area (Å²) in [5, 5.41) is 9.16. The molecule has 0 radical (unpaired) electrons. The van der Waals surface area contributed by atoms with Gasteiger partial charge in [0.15, 0.2) is 5.70 Å². The van der Waals surface area contributed by atoms with Crippen LogP contribution in [0, 0.1) is 0 Å². The minimum atomic E-state index is -2.72. The maximum absolute atomic E-state index is 13.2. The maximum atomic E-state index is 13.2. The van der Waals surface area contributed by atoms with Crippen molar-refractivity contribution in [1.29, 1.82) is 0 Å². The van der Waals surface area contributed by atoms with Crippen LogP contribution in [0.15, 0.2) is 12.0 Å². The molecular formula is C9H10Cl2FN3O3S. The molecule has 1 N–H and O–H groups in total. The van der Waals surface area contributed by atoms with Crippen molar-refractivity contribution >= 4 is 45.8 Å². The summed E-state index contributed by atoms with van der Waals surface area (Å²) >= 11 is 11.2. The second-order valence-corrected chi connectivity index (χ2v) is 5.16. The Balaban J connectivity index is 2.96. The van der Waals surface area contributed by atoms with Crippen molar-refractivity contribution in [2.75, 3.05) is 18.6 Å². The van der Waals surface area contributed by atoms with Crippen LogP contribution >= 0.6 is 34.7 Å². The van der Waals surface area contributed by atoms with Gasteiger partial charge < -0.3 is 14.7 Å². The first-order valence-corrected chi connectivity index (χ1v) is 6.50. The lowest BCUT2D eigenvalue weighted by atomic mass is 10.4. The second kappa shape index (κ2) is 6.36. The molecule has 0 aliphatic rings. The molecule has 0 unspecified atom stereocenters. The topological polar surface area (TPSA) is 75.6 Å². The van der Waals surface area contributed by atoms with E-state index in [1.165, 1.54) is 11.9 Å². The zero-order valence-electron chi connectivity index (χ0n) is 9.93. The van der Waals surface area contributed by atoms with E-state index in [0.29, 0.717) is 6.26 Å². The first kappa shape index (κ1) is 15.9. The van der Waals surface area contributed by atoms with Gasteiger partial charge in [-0.3, -0.25) is 0 Å². The molecule has 0 aliphatic carbocycles. The van der Waals surface area contributed by atoms with Crippen molar-refractivity contribution in [3.63, 3.8) is 0 Å². The maximum Gasteiger partial charge on any atom is 0.358 e. The number of aliphatic hydroxyl groups is 1. The van der Waals surface area contributed by atoms with E-state index in [2.05, 4.69) is 9.36 Å². The molecule has 0 bridgehead atoms. The summed E-state index contributed by atoms with van der Waals surface area (Å²) in [6.45, 7) is 1.76. The highest BCUT2D eigenvalue weighted by atomic mass is 35.5. The molecule has 1 heterocycles. The molecule has 0 spiro atoms. The van der Waals surface area contributed by atoms with Crippen LogP contribution in [0.25, 0.3) is 0 Å². The molecule has 0 aromatic carbocycles. The Hall–Kier alpha value is -1.12. The number of carbonyl (C=O) groups excluding carboxylic acids is 1. The number of anilines is 1. The second-order valence-electron chi connectivity index (χ2n) is 3.19. The number of esters is 1. The first-order valence-electron chi connectivity index (χ1n) is 4.97. The van der Waals surface area contributed by atoms with Crippen LogP contribution in [0.3, 0.4) is 0 Å². The SMILES string of the molecule is CCOC(=O)/C(=C\O)N(C)c1nc(C(F)(Cl)Cl)ns1. The van der Waals surface area contributed by atoms with E-state index in [1.807, 2.05) is 0 Å². The van der Waals surface area contributed by atoms with Gasteiger partial charge in [0.1, 0.15) is 6.26 Å². The molecule has 0 aliphatic heterocycles. The Morgan fingerprint density at radius 2 is 2.32 bits per heavy atom. The Morgan fingerprint density at radius 1 is 1.68 bits per heavy atom. The van der Waals surface area contributed by atoms with Crippen LogP contribution in [0.2, 0.25) is 0 Å². The molecule has 10 heteroatoms. The molecule has 1 rings (SSSR count). The molecule has 0 fully saturated rings. The average molecular weight is 330 g/mol. The fraction of sp³-hybridized carbons (Fsp3) is 0.444. The zero-order valence-corrected chi connectivity index (χ0v) is 12.3. The van der Waals surface area contributed by atoms with Gasteiger partial charge in [-0.05, 0) is 6.92 Å². The van der Waals surface area contributed by atoms with E-state index in [0.717, 1.165) is 11.5 Å². The van der Waals surface area contributed by atoms with Gasteiger partial charge in [-0.25, -0.2) is 4.79 Å². The number of hydrogen-bond donors (Lipinski definition) is 1. The summed E-state index contributed by atoms with van der Waals surface area (Å²) in [4.78, 5) is 16.4. The van der Waals surface area contributed by atoms with Crippen molar-refractivity contribution in [3.8, 4) is 0 Å². The van der Waals surface area contributed by atoms with Gasteiger partial charge in [0, 0.05) is 18.6 Å². The van der Waals surface area contributed by atoms with Crippen LogP contribution in [0.5, 0.6) is 0 Å². The largest absolute Gasteiger partial charge is 0.513 e. The van der Waals surface area contributed by atoms with Gasteiger partial charge in [-0.2, -0.15) is 13.7 Å². The molecule has 6 nitrogen and oxygen atoms in total. The molecular weight excluding hydrogens is 320 g/mol. The van der Waals surface area contributed by atoms with E-state index >= 15 is 0 Å². The van der Waals surface area contributed by atoms with Gasteiger partial charge >= 0.3 is 10.6 Å². The molecule has 1 aromatic heterocycles. The molecule has 106 valence electrons. The number of aliphatic hydroxyl groups excluding tert-OH is 1. The van der Waals surface area contributed by atoms with E-state index in [4.69, 9.17) is 33.0 Å². The van der Waals surface area contributed by atoms with Gasteiger partial charge in [-0.15, -0.1) is 0 Å². The summed E-state index contributed by atoms with van der Waals surface area (Å²) in [6, 6.07) is 0. The van der Waals surface area contributed by atoms with Crippen molar-refractivity contribution in [3.05, 3.63) is 17.8 Å². The predicted octanol–water partition coefficient (Wildman–Crippen LogP) is 2.49. The summed E-state index contributed by atoms with van der Waals surface area (Å²) < 4.78 is 18.8. The smallest absolute Gasteiger partial charge is 0.358 e. The number of aromatic nitrogens is 2. The molecule has 0 saturated heterocycles. The Morgan fingerprint density at radius 3 is 2.74 bits per heavy atom. The van der Waals surface area contributed by atoms with E-state index in [1.54, 1.807) is 6.92 Å². The normalized spacial score (nSPS) is 12.4. The van der Waals surface area contributed by atoms with Gasteiger partial charge in [0.2, 0.25) is 11.0 Å². The lowest BCUT2D eigenvalue weighted by molar-refractivity contribution is -0.138. The average Bonchev–Trinajstić information content (AvgIpc) is 2.78. The highest BCUT2D eigenvalue weighted by molar-refractivity contribution is 7.09. The molecule has 19 heavy (non-hydrogen) atoms. The lowest BCUT2D eigenvalue weighted by Crippen LogP contribution is -2.25. The summed E-state index contributed by atoms with van der Waals surface area (Å²) in [7, 11) is 1.42. The van der Waals surface area contributed by atoms with E-state index in [-0.39, 0.29) is 17.4 Å². The van der Waals surface area contributed by atoms with Gasteiger partial charge in [0.05, 0.1) is 6.61 Å². The number of ether oxygens (including phenoxy) is 1. The van der Waals surface area contributed by atoms with E-state index < -0.39 is 16.4 Å². The van der Waals surface area contributed by atoms with Crippen LogP contribution in [0.1, 0.15) is 12.7 Å². The molecule has 1 aromatic rings. The van der Waals surface area contributed by atoms with Crippen LogP contribution < -0.4 is 4.90 Å². The minimum Gasteiger partial charge on any atom is -0.513 e. The third-order valence-corrected chi connectivity index (χ3v) is 3.05. The minimum absolute atomic E-state index is 0.117. The number of carbonyl (C=O) groups is 1. The Labute approximate surface area is 122 Å². The summed E-state index contributed by atoms with van der Waals surface area (Å²) in [5.41, 5.74) is -0.182. The van der Waals surface area contributed by atoms with Crippen LogP contribution in [-0.4, -0.2) is 34.1 Å². The molecule has 0 atom stereocenters. The third kappa shape index (κ3) is 3.92. The van der Waals surface area contributed by atoms with Crippen LogP contribution in [-0.2, 0) is 14.1 Å². The zero-order chi connectivity index (χ0) is 14.6. The summed E-state index contributed by atoms with van der Waals surface area (Å²) in [6.07, 6.45) is 0.559. The third-order valence-electron chi connectivity index (χ3n) is 1.92. The summed E-state index contributed by atoms with van der Waals surface area (Å²) in [5.74, 6) is -1.20. The number of nitrogens with zero attached hydrogens (tertiary/aromatic N) is 3. The van der Waals surface area contributed by atoms with Gasteiger partial charge in [0.25, 0.3) is 0 Å². The number of rotatable bonds is 5. The van der Waals surface area contributed by atoms with Crippen LogP contribution in [0.4, 0.5) is 9.52 Å². The van der Waals surface area contributed by atoms with Crippen molar-refractivity contribution in [2.45, 2.75) is 11.5 Å². The van der Waals surface area contributed by atoms with E-state index in [9.17, 15) is 9.18 Å².